The van der Waals surface area contributed by atoms with Crippen LogP contribution in [0.2, 0.25) is 0 Å². The van der Waals surface area contributed by atoms with E-state index in [1.165, 1.54) is 6.07 Å². The number of carboxylic acid groups (broad SMARTS) is 1. The van der Waals surface area contributed by atoms with Gasteiger partial charge in [-0.1, -0.05) is 23.4 Å². The zero-order valence-electron chi connectivity index (χ0n) is 19.1. The topological polar surface area (TPSA) is 153 Å². The molecule has 10 nitrogen and oxygen atoms in total. The Morgan fingerprint density at radius 1 is 1.00 bits per heavy atom. The highest BCUT2D eigenvalue weighted by Gasteiger charge is 2.22. The van der Waals surface area contributed by atoms with Gasteiger partial charge in [-0.3, -0.25) is 14.7 Å². The summed E-state index contributed by atoms with van der Waals surface area (Å²) in [6, 6.07) is 16.2. The molecule has 5 N–H and O–H groups in total. The Morgan fingerprint density at radius 3 is 2.68 bits per heavy atom. The van der Waals surface area contributed by atoms with Gasteiger partial charge in [-0.15, -0.1) is 5.10 Å². The van der Waals surface area contributed by atoms with Crippen molar-refractivity contribution in [1.82, 2.24) is 31.0 Å². The van der Waals surface area contributed by atoms with Crippen LogP contribution in [0, 0.1) is 0 Å². The van der Waals surface area contributed by atoms with E-state index in [0.717, 1.165) is 28.7 Å². The number of nitrogens with zero attached hydrogens (tertiary/aromatic N) is 2. The second-order valence-electron chi connectivity index (χ2n) is 8.08. The summed E-state index contributed by atoms with van der Waals surface area (Å²) in [5, 5.41) is 25.8. The Bertz CT molecular complexity index is 1700. The first-order valence-corrected chi connectivity index (χ1v) is 11.9. The second-order valence-corrected chi connectivity index (χ2v) is 8.87. The van der Waals surface area contributed by atoms with E-state index in [-0.39, 0.29) is 11.5 Å². The van der Waals surface area contributed by atoms with E-state index in [9.17, 15) is 14.4 Å². The average Bonchev–Trinajstić information content (AvgIpc) is 3.56. The van der Waals surface area contributed by atoms with E-state index in [4.69, 9.17) is 5.11 Å². The van der Waals surface area contributed by atoms with Crippen LogP contribution in [-0.2, 0) is 11.3 Å². The first-order valence-electron chi connectivity index (χ1n) is 11.1. The largest absolute Gasteiger partial charge is 0.478 e. The molecule has 11 heteroatoms. The molecule has 184 valence electrons. The van der Waals surface area contributed by atoms with Crippen molar-refractivity contribution in [3.8, 4) is 11.1 Å². The summed E-state index contributed by atoms with van der Waals surface area (Å²) in [4.78, 5) is 40.1. The molecule has 0 atom stereocenters. The van der Waals surface area contributed by atoms with Gasteiger partial charge in [0.05, 0.1) is 11.1 Å². The number of carboxylic acids is 1. The average molecular weight is 559 g/mol. The Hall–Kier alpha value is -4.77. The fourth-order valence-corrected chi connectivity index (χ4v) is 4.82. The number of nitrogens with one attached hydrogen (secondary N) is 4. The lowest BCUT2D eigenvalue weighted by Crippen LogP contribution is -2.24. The summed E-state index contributed by atoms with van der Waals surface area (Å²) >= 11 is 3.51. The first kappa shape index (κ1) is 23.9. The van der Waals surface area contributed by atoms with Crippen LogP contribution in [0.25, 0.3) is 33.1 Å². The Morgan fingerprint density at radius 2 is 1.84 bits per heavy atom. The van der Waals surface area contributed by atoms with Crippen LogP contribution in [0.15, 0.2) is 77.5 Å². The summed E-state index contributed by atoms with van der Waals surface area (Å²) in [5.41, 5.74) is 4.96. The summed E-state index contributed by atoms with van der Waals surface area (Å²) < 4.78 is 0.376. The van der Waals surface area contributed by atoms with Crippen LogP contribution >= 0.6 is 15.9 Å². The molecule has 0 saturated carbocycles. The van der Waals surface area contributed by atoms with Crippen molar-refractivity contribution < 1.29 is 19.5 Å². The van der Waals surface area contributed by atoms with Crippen LogP contribution in [0.1, 0.15) is 26.3 Å². The van der Waals surface area contributed by atoms with Crippen LogP contribution in [0.4, 0.5) is 0 Å². The van der Waals surface area contributed by atoms with Crippen LogP contribution < -0.4 is 10.6 Å². The van der Waals surface area contributed by atoms with Gasteiger partial charge in [-0.25, -0.2) is 4.79 Å². The lowest BCUT2D eigenvalue weighted by atomic mass is 9.95. The van der Waals surface area contributed by atoms with Crippen molar-refractivity contribution >= 4 is 55.6 Å². The second kappa shape index (κ2) is 10.1. The lowest BCUT2D eigenvalue weighted by Gasteiger charge is -2.16. The molecule has 0 aliphatic rings. The molecule has 5 rings (SSSR count). The minimum atomic E-state index is -1.19. The standard InChI is InChI=1S/C26H19BrN6O4/c27-24-18(26(37)29-11-9-22(34)35)6-5-17(23(24)14-4-7-20-21(12-14)32-33-31-20)25(36)30-13-15-2-1-3-19-16(15)8-10-28-19/h1-12,28H,13H2,(H,29,37)(H,30,36)(H,34,35)(H,31,32,33)/b11-9-. The maximum absolute atomic E-state index is 13.4. The lowest BCUT2D eigenvalue weighted by molar-refractivity contribution is -0.131. The van der Waals surface area contributed by atoms with E-state index < -0.39 is 11.9 Å². The number of rotatable bonds is 7. The van der Waals surface area contributed by atoms with Gasteiger partial charge >= 0.3 is 5.97 Å². The van der Waals surface area contributed by atoms with Gasteiger partial charge in [-0.05, 0) is 63.5 Å². The highest BCUT2D eigenvalue weighted by atomic mass is 79.9. The zero-order valence-corrected chi connectivity index (χ0v) is 20.7. The number of carbonyl (C=O) groups is 3. The molecule has 5 aromatic rings. The number of amides is 2. The molecule has 2 amide bonds. The number of halogens is 1. The molecular weight excluding hydrogens is 540 g/mol. The predicted octanol–water partition coefficient (Wildman–Crippen LogP) is 4.13. The highest BCUT2D eigenvalue weighted by Crippen LogP contribution is 2.36. The number of hydrogen-bond donors (Lipinski definition) is 5. The van der Waals surface area contributed by atoms with Gasteiger partial charge < -0.3 is 20.7 Å². The molecule has 0 spiro atoms. The molecule has 2 heterocycles. The minimum Gasteiger partial charge on any atom is -0.478 e. The number of fused-ring (bicyclic) bond motifs is 2. The molecule has 0 fully saturated rings. The van der Waals surface area contributed by atoms with Gasteiger partial charge in [0.15, 0.2) is 0 Å². The number of hydrogen-bond acceptors (Lipinski definition) is 5. The molecule has 0 unspecified atom stereocenters. The van der Waals surface area contributed by atoms with Crippen LogP contribution in [0.5, 0.6) is 0 Å². The Labute approximate surface area is 217 Å². The molecule has 0 radical (unpaired) electrons. The number of H-pyrrole nitrogens is 2. The van der Waals surface area contributed by atoms with Crippen molar-refractivity contribution in [2.45, 2.75) is 6.54 Å². The van der Waals surface area contributed by atoms with E-state index in [1.54, 1.807) is 24.3 Å². The molecule has 0 aliphatic carbocycles. The van der Waals surface area contributed by atoms with Gasteiger partial charge in [-0.2, -0.15) is 0 Å². The van der Waals surface area contributed by atoms with E-state index in [2.05, 4.69) is 47.0 Å². The quantitative estimate of drug-likeness (QED) is 0.189. The number of aliphatic carboxylic acids is 1. The molecule has 37 heavy (non-hydrogen) atoms. The molecular formula is C26H19BrN6O4. The normalized spacial score (nSPS) is 11.3. The van der Waals surface area contributed by atoms with Crippen molar-refractivity contribution in [3.63, 3.8) is 0 Å². The number of carbonyl (C=O) groups excluding carboxylic acids is 2. The van der Waals surface area contributed by atoms with E-state index in [0.29, 0.717) is 38.7 Å². The maximum atomic E-state index is 13.4. The maximum Gasteiger partial charge on any atom is 0.329 e. The summed E-state index contributed by atoms with van der Waals surface area (Å²) in [5.74, 6) is -2.06. The van der Waals surface area contributed by atoms with Crippen molar-refractivity contribution in [1.29, 1.82) is 0 Å². The molecule has 3 aromatic carbocycles. The third-order valence-electron chi connectivity index (χ3n) is 5.81. The van der Waals surface area contributed by atoms with Crippen LogP contribution in [-0.4, -0.2) is 43.3 Å². The molecule has 0 aliphatic heterocycles. The molecule has 0 bridgehead atoms. The smallest absolute Gasteiger partial charge is 0.329 e. The predicted molar refractivity (Wildman–Crippen MR) is 141 cm³/mol. The number of aromatic nitrogens is 4. The monoisotopic (exact) mass is 558 g/mol. The summed E-state index contributed by atoms with van der Waals surface area (Å²) in [7, 11) is 0. The van der Waals surface area contributed by atoms with E-state index in [1.807, 2.05) is 30.5 Å². The summed E-state index contributed by atoms with van der Waals surface area (Å²) in [6.45, 7) is 0.302. The highest BCUT2D eigenvalue weighted by molar-refractivity contribution is 9.10. The number of aromatic amines is 2. The zero-order chi connectivity index (χ0) is 25.9. The number of benzene rings is 3. The van der Waals surface area contributed by atoms with E-state index >= 15 is 0 Å². The molecule has 2 aromatic heterocycles. The Kier molecular flexibility index (Phi) is 6.52. The van der Waals surface area contributed by atoms with Gasteiger partial charge in [0.1, 0.15) is 5.52 Å². The van der Waals surface area contributed by atoms with Gasteiger partial charge in [0.25, 0.3) is 11.8 Å². The minimum absolute atomic E-state index is 0.224. The fourth-order valence-electron chi connectivity index (χ4n) is 4.07. The first-order chi connectivity index (χ1) is 17.9. The van der Waals surface area contributed by atoms with Crippen LogP contribution in [0.3, 0.4) is 0 Å². The van der Waals surface area contributed by atoms with Gasteiger partial charge in [0, 0.05) is 51.5 Å². The van der Waals surface area contributed by atoms with Crippen molar-refractivity contribution in [2.24, 2.45) is 0 Å². The summed E-state index contributed by atoms with van der Waals surface area (Å²) in [6.07, 6.45) is 3.71. The van der Waals surface area contributed by atoms with Crippen molar-refractivity contribution in [3.05, 3.63) is 94.2 Å². The third-order valence-corrected chi connectivity index (χ3v) is 6.63. The Balaban J connectivity index is 1.52. The van der Waals surface area contributed by atoms with Gasteiger partial charge in [0.2, 0.25) is 0 Å². The molecule has 0 saturated heterocycles. The SMILES string of the molecule is O=C(O)/C=C\NC(=O)c1ccc(C(=O)NCc2cccc3[nH]ccc23)c(-c2ccc3nn[nH]c3c2)c1Br. The fraction of sp³-hybridized carbons (Fsp3) is 0.0385. The third kappa shape index (κ3) is 4.84. The van der Waals surface area contributed by atoms with Crippen molar-refractivity contribution in [2.75, 3.05) is 0 Å².